The number of nitrogen functional groups attached to an aromatic ring is 1. The predicted octanol–water partition coefficient (Wildman–Crippen LogP) is 1.92. The van der Waals surface area contributed by atoms with Gasteiger partial charge in [0.15, 0.2) is 0 Å². The smallest absolute Gasteiger partial charge is 0.338 e. The standard InChI is InChI=1S/C10H11F2NO2/c11-4-1-5-15-10(14)7-2-3-9(13)8(12)6-7/h2-3,6H,1,4-5,13H2. The average molecular weight is 215 g/mol. The molecule has 0 spiro atoms. The number of alkyl halides is 1. The molecule has 0 saturated heterocycles. The summed E-state index contributed by atoms with van der Waals surface area (Å²) in [5.74, 6) is -1.35. The summed E-state index contributed by atoms with van der Waals surface area (Å²) in [7, 11) is 0. The van der Waals surface area contributed by atoms with Crippen LogP contribution in [0.1, 0.15) is 16.8 Å². The zero-order valence-electron chi connectivity index (χ0n) is 8.00. The van der Waals surface area contributed by atoms with Crippen LogP contribution in [0.25, 0.3) is 0 Å². The Morgan fingerprint density at radius 2 is 2.20 bits per heavy atom. The Bertz CT molecular complexity index is 355. The van der Waals surface area contributed by atoms with Crippen LogP contribution in [0.2, 0.25) is 0 Å². The monoisotopic (exact) mass is 215 g/mol. The van der Waals surface area contributed by atoms with Gasteiger partial charge in [-0.1, -0.05) is 0 Å². The molecule has 0 amide bonds. The number of benzene rings is 1. The quantitative estimate of drug-likeness (QED) is 0.474. The van der Waals surface area contributed by atoms with Gasteiger partial charge in [-0.2, -0.15) is 0 Å². The van der Waals surface area contributed by atoms with Crippen molar-refractivity contribution in [3.05, 3.63) is 29.6 Å². The van der Waals surface area contributed by atoms with E-state index in [2.05, 4.69) is 4.74 Å². The number of rotatable bonds is 4. The number of carbonyl (C=O) groups excluding carboxylic acids is 1. The third-order valence-electron chi connectivity index (χ3n) is 1.75. The fourth-order valence-electron chi connectivity index (χ4n) is 0.957. The number of anilines is 1. The number of halogens is 2. The van der Waals surface area contributed by atoms with E-state index >= 15 is 0 Å². The first-order valence-corrected chi connectivity index (χ1v) is 4.43. The molecule has 0 aliphatic heterocycles. The molecule has 0 fully saturated rings. The zero-order chi connectivity index (χ0) is 11.3. The molecule has 0 radical (unpaired) electrons. The Kier molecular flexibility index (Phi) is 4.03. The summed E-state index contributed by atoms with van der Waals surface area (Å²) < 4.78 is 29.3. The molecule has 1 aromatic carbocycles. The largest absolute Gasteiger partial charge is 0.462 e. The van der Waals surface area contributed by atoms with Crippen LogP contribution in [-0.4, -0.2) is 19.3 Å². The van der Waals surface area contributed by atoms with Crippen molar-refractivity contribution >= 4 is 11.7 Å². The third-order valence-corrected chi connectivity index (χ3v) is 1.75. The number of hydrogen-bond acceptors (Lipinski definition) is 3. The van der Waals surface area contributed by atoms with Crippen molar-refractivity contribution in [2.24, 2.45) is 0 Å². The number of hydrogen-bond donors (Lipinski definition) is 1. The van der Waals surface area contributed by atoms with Gasteiger partial charge in [0.25, 0.3) is 0 Å². The van der Waals surface area contributed by atoms with Gasteiger partial charge in [-0.25, -0.2) is 9.18 Å². The summed E-state index contributed by atoms with van der Waals surface area (Å²) in [6.07, 6.45) is 0.142. The van der Waals surface area contributed by atoms with Gasteiger partial charge in [-0.3, -0.25) is 4.39 Å². The van der Waals surface area contributed by atoms with E-state index < -0.39 is 18.5 Å². The molecule has 0 saturated carbocycles. The van der Waals surface area contributed by atoms with E-state index in [1.165, 1.54) is 12.1 Å². The Balaban J connectivity index is 2.62. The summed E-state index contributed by atoms with van der Waals surface area (Å²) in [6, 6.07) is 3.63. The fourth-order valence-corrected chi connectivity index (χ4v) is 0.957. The highest BCUT2D eigenvalue weighted by atomic mass is 19.1. The molecule has 0 aliphatic carbocycles. The van der Waals surface area contributed by atoms with Gasteiger partial charge >= 0.3 is 5.97 Å². The Morgan fingerprint density at radius 1 is 1.47 bits per heavy atom. The molecular weight excluding hydrogens is 204 g/mol. The summed E-state index contributed by atoms with van der Waals surface area (Å²) in [4.78, 5) is 11.2. The lowest BCUT2D eigenvalue weighted by Crippen LogP contribution is -2.07. The molecule has 0 aromatic heterocycles. The summed E-state index contributed by atoms with van der Waals surface area (Å²) in [5, 5.41) is 0. The van der Waals surface area contributed by atoms with E-state index in [0.717, 1.165) is 6.07 Å². The van der Waals surface area contributed by atoms with Crippen LogP contribution in [0.4, 0.5) is 14.5 Å². The maximum absolute atomic E-state index is 12.9. The number of ether oxygens (including phenoxy) is 1. The topological polar surface area (TPSA) is 52.3 Å². The van der Waals surface area contributed by atoms with E-state index in [0.29, 0.717) is 0 Å². The Hall–Kier alpha value is -1.65. The lowest BCUT2D eigenvalue weighted by atomic mass is 10.2. The Labute approximate surface area is 85.8 Å². The molecule has 2 N–H and O–H groups in total. The van der Waals surface area contributed by atoms with Crippen LogP contribution in [-0.2, 0) is 4.74 Å². The lowest BCUT2D eigenvalue weighted by molar-refractivity contribution is 0.0493. The van der Waals surface area contributed by atoms with Gasteiger partial charge in [0.2, 0.25) is 0 Å². The highest BCUT2D eigenvalue weighted by Gasteiger charge is 2.09. The van der Waals surface area contributed by atoms with E-state index in [9.17, 15) is 13.6 Å². The molecule has 0 unspecified atom stereocenters. The van der Waals surface area contributed by atoms with Gasteiger partial charge < -0.3 is 10.5 Å². The molecule has 0 heterocycles. The van der Waals surface area contributed by atoms with Crippen molar-refractivity contribution < 1.29 is 18.3 Å². The molecule has 82 valence electrons. The van der Waals surface area contributed by atoms with Crippen LogP contribution < -0.4 is 5.73 Å². The van der Waals surface area contributed by atoms with Crippen molar-refractivity contribution in [2.45, 2.75) is 6.42 Å². The van der Waals surface area contributed by atoms with Crippen LogP contribution in [0, 0.1) is 5.82 Å². The van der Waals surface area contributed by atoms with Crippen molar-refractivity contribution in [2.75, 3.05) is 19.0 Å². The maximum Gasteiger partial charge on any atom is 0.338 e. The zero-order valence-corrected chi connectivity index (χ0v) is 8.00. The van der Waals surface area contributed by atoms with Gasteiger partial charge in [-0.15, -0.1) is 0 Å². The first kappa shape index (κ1) is 11.4. The summed E-state index contributed by atoms with van der Waals surface area (Å²) in [6.45, 7) is -0.565. The minimum absolute atomic E-state index is 0.0126. The molecule has 1 rings (SSSR count). The SMILES string of the molecule is Nc1ccc(C(=O)OCCCF)cc1F. The normalized spacial score (nSPS) is 10.0. The van der Waals surface area contributed by atoms with Gasteiger partial charge in [0.05, 0.1) is 24.5 Å². The van der Waals surface area contributed by atoms with Crippen molar-refractivity contribution in [3.63, 3.8) is 0 Å². The number of esters is 1. The minimum Gasteiger partial charge on any atom is -0.462 e. The second-order valence-corrected chi connectivity index (χ2v) is 2.91. The van der Waals surface area contributed by atoms with Crippen LogP contribution in [0.5, 0.6) is 0 Å². The minimum atomic E-state index is -0.678. The average Bonchev–Trinajstić information content (AvgIpc) is 2.22. The highest BCUT2D eigenvalue weighted by Crippen LogP contribution is 2.12. The number of nitrogens with two attached hydrogens (primary N) is 1. The van der Waals surface area contributed by atoms with Crippen molar-refractivity contribution in [1.82, 2.24) is 0 Å². The summed E-state index contributed by atoms with van der Waals surface area (Å²) >= 11 is 0. The van der Waals surface area contributed by atoms with Gasteiger partial charge in [-0.05, 0) is 18.2 Å². The highest BCUT2D eigenvalue weighted by molar-refractivity contribution is 5.89. The molecule has 0 aliphatic rings. The van der Waals surface area contributed by atoms with E-state index in [1.807, 2.05) is 0 Å². The van der Waals surface area contributed by atoms with Crippen LogP contribution in [0.15, 0.2) is 18.2 Å². The molecular formula is C10H11F2NO2. The predicted molar refractivity (Wildman–Crippen MR) is 51.7 cm³/mol. The maximum atomic E-state index is 12.9. The van der Waals surface area contributed by atoms with Gasteiger partial charge in [0.1, 0.15) is 5.82 Å². The summed E-state index contributed by atoms with van der Waals surface area (Å²) in [5.41, 5.74) is 5.27. The van der Waals surface area contributed by atoms with E-state index in [4.69, 9.17) is 5.73 Å². The van der Waals surface area contributed by atoms with Gasteiger partial charge in [0, 0.05) is 6.42 Å². The number of carbonyl (C=O) groups is 1. The molecule has 15 heavy (non-hydrogen) atoms. The lowest BCUT2D eigenvalue weighted by Gasteiger charge is -2.04. The van der Waals surface area contributed by atoms with Crippen molar-refractivity contribution in [1.29, 1.82) is 0 Å². The van der Waals surface area contributed by atoms with Crippen LogP contribution in [0.3, 0.4) is 0 Å². The molecule has 5 heteroatoms. The molecule has 0 bridgehead atoms. The van der Waals surface area contributed by atoms with E-state index in [-0.39, 0.29) is 24.3 Å². The Morgan fingerprint density at radius 3 is 2.80 bits per heavy atom. The fraction of sp³-hybridized carbons (Fsp3) is 0.300. The molecule has 0 atom stereocenters. The van der Waals surface area contributed by atoms with Crippen LogP contribution >= 0.6 is 0 Å². The van der Waals surface area contributed by atoms with Crippen molar-refractivity contribution in [3.8, 4) is 0 Å². The second-order valence-electron chi connectivity index (χ2n) is 2.91. The molecule has 3 nitrogen and oxygen atoms in total. The third kappa shape index (κ3) is 3.19. The second kappa shape index (κ2) is 5.29. The van der Waals surface area contributed by atoms with E-state index in [1.54, 1.807) is 0 Å². The first-order chi connectivity index (χ1) is 7.15. The first-order valence-electron chi connectivity index (χ1n) is 4.43. The molecule has 1 aromatic rings.